The van der Waals surface area contributed by atoms with E-state index in [1.165, 1.54) is 0 Å². The molecular weight excluding hydrogens is 314 g/mol. The fraction of sp³-hybridized carbons (Fsp3) is 0.333. The van der Waals surface area contributed by atoms with E-state index < -0.39 is 5.92 Å². The summed E-state index contributed by atoms with van der Waals surface area (Å²) < 4.78 is 0. The monoisotopic (exact) mass is 339 g/mol. The largest absolute Gasteiger partial charge is 0.508 e. The molecule has 2 aromatic rings. The number of hydrogen-bond acceptors (Lipinski definition) is 3. The first-order valence-electron chi connectivity index (χ1n) is 8.39. The number of benzene rings is 2. The van der Waals surface area contributed by atoms with E-state index in [0.717, 1.165) is 5.56 Å². The van der Waals surface area contributed by atoms with Gasteiger partial charge in [0.2, 0.25) is 0 Å². The second kappa shape index (κ2) is 7.51. The average Bonchev–Trinajstić information content (AvgIpc) is 2.53. The molecule has 4 nitrogen and oxygen atoms in total. The topological polar surface area (TPSA) is 66.4 Å². The van der Waals surface area contributed by atoms with Gasteiger partial charge in [0.05, 0.1) is 0 Å². The molecule has 0 fully saturated rings. The Balaban J connectivity index is 2.13. The van der Waals surface area contributed by atoms with Crippen LogP contribution < -0.4 is 5.32 Å². The van der Waals surface area contributed by atoms with Crippen molar-refractivity contribution in [3.8, 4) is 5.75 Å². The fourth-order valence-electron chi connectivity index (χ4n) is 2.62. The summed E-state index contributed by atoms with van der Waals surface area (Å²) in [6.45, 7) is 7.55. The first-order chi connectivity index (χ1) is 11.7. The number of nitrogens with one attached hydrogen (secondary N) is 1. The maximum atomic E-state index is 12.6. The summed E-state index contributed by atoms with van der Waals surface area (Å²) >= 11 is 0. The molecule has 1 amide bonds. The molecule has 1 atom stereocenters. The maximum absolute atomic E-state index is 12.6. The van der Waals surface area contributed by atoms with Crippen LogP contribution >= 0.6 is 0 Å². The molecule has 0 spiro atoms. The SMILES string of the molecule is CC(C(=O)Cc1cccc(C(=O)NC(C)(C)C)c1)c1ccccc1O. The molecule has 0 aromatic heterocycles. The standard InChI is InChI=1S/C21H25NO3/c1-14(17-10-5-6-11-18(17)23)19(24)13-15-8-7-9-16(12-15)20(25)22-21(2,3)4/h5-12,14,23H,13H2,1-4H3,(H,22,25). The van der Waals surface area contributed by atoms with Gasteiger partial charge in [0.25, 0.3) is 5.91 Å². The lowest BCUT2D eigenvalue weighted by Crippen LogP contribution is -2.40. The average molecular weight is 339 g/mol. The van der Waals surface area contributed by atoms with Crippen molar-refractivity contribution in [2.24, 2.45) is 0 Å². The van der Waals surface area contributed by atoms with E-state index in [9.17, 15) is 14.7 Å². The number of Topliss-reactive ketones (excluding diaryl/α,β-unsaturated/α-hetero) is 1. The van der Waals surface area contributed by atoms with Crippen molar-refractivity contribution in [3.05, 3.63) is 65.2 Å². The Kier molecular flexibility index (Phi) is 5.62. The highest BCUT2D eigenvalue weighted by atomic mass is 16.3. The van der Waals surface area contributed by atoms with Crippen molar-refractivity contribution in [1.82, 2.24) is 5.32 Å². The first-order valence-corrected chi connectivity index (χ1v) is 8.39. The van der Waals surface area contributed by atoms with Gasteiger partial charge in [0.15, 0.2) is 0 Å². The van der Waals surface area contributed by atoms with Crippen molar-refractivity contribution in [1.29, 1.82) is 0 Å². The molecule has 2 aromatic carbocycles. The Morgan fingerprint density at radius 3 is 2.40 bits per heavy atom. The molecule has 0 radical (unpaired) electrons. The molecule has 0 aliphatic heterocycles. The van der Waals surface area contributed by atoms with Crippen LogP contribution in [0.4, 0.5) is 0 Å². The number of ketones is 1. The van der Waals surface area contributed by atoms with Gasteiger partial charge in [0, 0.05) is 29.0 Å². The van der Waals surface area contributed by atoms with Crippen LogP contribution in [0.2, 0.25) is 0 Å². The maximum Gasteiger partial charge on any atom is 0.251 e. The molecule has 4 heteroatoms. The highest BCUT2D eigenvalue weighted by Crippen LogP contribution is 2.26. The predicted octanol–water partition coefficient (Wildman–Crippen LogP) is 3.84. The van der Waals surface area contributed by atoms with E-state index in [1.807, 2.05) is 26.8 Å². The third kappa shape index (κ3) is 5.18. The minimum atomic E-state index is -0.409. The van der Waals surface area contributed by atoms with Crippen LogP contribution in [0.5, 0.6) is 5.75 Å². The first kappa shape index (κ1) is 18.7. The predicted molar refractivity (Wildman–Crippen MR) is 98.9 cm³/mol. The zero-order valence-corrected chi connectivity index (χ0v) is 15.2. The number of amides is 1. The smallest absolute Gasteiger partial charge is 0.251 e. The molecular formula is C21H25NO3. The highest BCUT2D eigenvalue weighted by Gasteiger charge is 2.19. The van der Waals surface area contributed by atoms with E-state index in [2.05, 4.69) is 5.32 Å². The minimum Gasteiger partial charge on any atom is -0.508 e. The lowest BCUT2D eigenvalue weighted by molar-refractivity contribution is -0.119. The summed E-state index contributed by atoms with van der Waals surface area (Å²) in [6, 6.07) is 14.0. The molecule has 25 heavy (non-hydrogen) atoms. The number of hydrogen-bond donors (Lipinski definition) is 2. The fourth-order valence-corrected chi connectivity index (χ4v) is 2.62. The van der Waals surface area contributed by atoms with Crippen LogP contribution in [-0.4, -0.2) is 22.3 Å². The Morgan fingerprint density at radius 2 is 1.76 bits per heavy atom. The normalized spacial score (nSPS) is 12.5. The summed E-state index contributed by atoms with van der Waals surface area (Å²) in [5.74, 6) is -0.444. The summed E-state index contributed by atoms with van der Waals surface area (Å²) in [5.41, 5.74) is 1.63. The van der Waals surface area contributed by atoms with Crippen LogP contribution in [0.3, 0.4) is 0 Å². The van der Waals surface area contributed by atoms with Gasteiger partial charge in [0.1, 0.15) is 11.5 Å². The van der Waals surface area contributed by atoms with Gasteiger partial charge >= 0.3 is 0 Å². The van der Waals surface area contributed by atoms with Crippen LogP contribution in [-0.2, 0) is 11.2 Å². The van der Waals surface area contributed by atoms with Crippen molar-refractivity contribution in [2.45, 2.75) is 45.6 Å². The van der Waals surface area contributed by atoms with Gasteiger partial charge in [-0.1, -0.05) is 37.3 Å². The number of phenolic OH excluding ortho intramolecular Hbond substituents is 1. The Bertz CT molecular complexity index is 775. The molecule has 2 N–H and O–H groups in total. The van der Waals surface area contributed by atoms with Crippen LogP contribution in [0.25, 0.3) is 0 Å². The highest BCUT2D eigenvalue weighted by molar-refractivity contribution is 5.95. The van der Waals surface area contributed by atoms with E-state index in [4.69, 9.17) is 0 Å². The van der Waals surface area contributed by atoms with Gasteiger partial charge in [-0.05, 0) is 44.5 Å². The lowest BCUT2D eigenvalue weighted by atomic mass is 9.91. The minimum absolute atomic E-state index is 0.00474. The van der Waals surface area contributed by atoms with E-state index in [-0.39, 0.29) is 29.4 Å². The zero-order chi connectivity index (χ0) is 18.6. The third-order valence-electron chi connectivity index (χ3n) is 3.94. The molecule has 0 saturated carbocycles. The van der Waals surface area contributed by atoms with Crippen molar-refractivity contribution in [3.63, 3.8) is 0 Å². The molecule has 132 valence electrons. The van der Waals surface area contributed by atoms with Crippen molar-refractivity contribution in [2.75, 3.05) is 0 Å². The lowest BCUT2D eigenvalue weighted by Gasteiger charge is -2.20. The van der Waals surface area contributed by atoms with Gasteiger partial charge in [-0.3, -0.25) is 9.59 Å². The molecule has 1 unspecified atom stereocenters. The molecule has 0 aliphatic carbocycles. The van der Waals surface area contributed by atoms with E-state index in [0.29, 0.717) is 11.1 Å². The Morgan fingerprint density at radius 1 is 1.08 bits per heavy atom. The third-order valence-corrected chi connectivity index (χ3v) is 3.94. The quantitative estimate of drug-likeness (QED) is 0.870. The Hall–Kier alpha value is -2.62. The van der Waals surface area contributed by atoms with Gasteiger partial charge < -0.3 is 10.4 Å². The number of rotatable bonds is 5. The number of carbonyl (C=O) groups is 2. The van der Waals surface area contributed by atoms with E-state index in [1.54, 1.807) is 49.4 Å². The number of para-hydroxylation sites is 1. The number of carbonyl (C=O) groups excluding carboxylic acids is 2. The van der Waals surface area contributed by atoms with Crippen LogP contribution in [0.15, 0.2) is 48.5 Å². The molecule has 0 heterocycles. The summed E-state index contributed by atoms with van der Waals surface area (Å²) in [4.78, 5) is 24.8. The van der Waals surface area contributed by atoms with Gasteiger partial charge in [-0.15, -0.1) is 0 Å². The van der Waals surface area contributed by atoms with Crippen molar-refractivity contribution < 1.29 is 14.7 Å². The Labute approximate surface area is 148 Å². The second-order valence-corrected chi connectivity index (χ2v) is 7.33. The molecule has 0 bridgehead atoms. The second-order valence-electron chi connectivity index (χ2n) is 7.33. The summed E-state index contributed by atoms with van der Waals surface area (Å²) in [7, 11) is 0. The zero-order valence-electron chi connectivity index (χ0n) is 15.2. The molecule has 0 aliphatic rings. The van der Waals surface area contributed by atoms with Crippen LogP contribution in [0.1, 0.15) is 55.1 Å². The van der Waals surface area contributed by atoms with Crippen molar-refractivity contribution >= 4 is 11.7 Å². The molecule has 2 rings (SSSR count). The van der Waals surface area contributed by atoms with Gasteiger partial charge in [-0.25, -0.2) is 0 Å². The number of aromatic hydroxyl groups is 1. The van der Waals surface area contributed by atoms with Gasteiger partial charge in [-0.2, -0.15) is 0 Å². The van der Waals surface area contributed by atoms with E-state index >= 15 is 0 Å². The summed E-state index contributed by atoms with van der Waals surface area (Å²) in [6.07, 6.45) is 0.214. The summed E-state index contributed by atoms with van der Waals surface area (Å²) in [5, 5.41) is 12.8. The van der Waals surface area contributed by atoms with Crippen LogP contribution in [0, 0.1) is 0 Å². The number of phenols is 1. The molecule has 0 saturated heterocycles.